The van der Waals surface area contributed by atoms with Crippen molar-refractivity contribution in [3.8, 4) is 17.4 Å². The summed E-state index contributed by atoms with van der Waals surface area (Å²) in [5, 5.41) is 20.7. The van der Waals surface area contributed by atoms with Gasteiger partial charge in [0.25, 0.3) is 5.75 Å². The van der Waals surface area contributed by atoms with Crippen LogP contribution in [0.15, 0.2) is 4.60 Å². The molecule has 0 aromatic carbocycles. The van der Waals surface area contributed by atoms with Crippen LogP contribution in [-0.4, -0.2) is 46.3 Å². The average Bonchev–Trinajstić information content (AvgIpc) is 3.01. The highest BCUT2D eigenvalue weighted by molar-refractivity contribution is 9.10. The van der Waals surface area contributed by atoms with Crippen molar-refractivity contribution in [1.29, 1.82) is 0 Å². The van der Waals surface area contributed by atoms with Crippen molar-refractivity contribution in [2.45, 2.75) is 6.54 Å². The molecule has 0 saturated heterocycles. The van der Waals surface area contributed by atoms with Crippen molar-refractivity contribution in [3.63, 3.8) is 0 Å². The SMILES string of the molecule is COc1c(Cl)c(Cn2nnc3c(Br)nc(N)nc32)[n+]([O-])c(OC)c1OC. The zero-order valence-corrected chi connectivity index (χ0v) is 16.2. The third-order valence-corrected chi connectivity index (χ3v) is 4.46. The van der Waals surface area contributed by atoms with Crippen LogP contribution in [0.2, 0.25) is 5.02 Å². The molecule has 0 saturated carbocycles. The van der Waals surface area contributed by atoms with Crippen molar-refractivity contribution in [2.75, 3.05) is 27.1 Å². The van der Waals surface area contributed by atoms with Gasteiger partial charge >= 0.3 is 5.88 Å². The molecule has 0 atom stereocenters. The molecule has 2 N–H and O–H groups in total. The lowest BCUT2D eigenvalue weighted by Crippen LogP contribution is -2.36. The molecule has 11 nitrogen and oxygen atoms in total. The smallest absolute Gasteiger partial charge is 0.427 e. The number of halogens is 2. The first-order valence-electron chi connectivity index (χ1n) is 7.04. The Morgan fingerprint density at radius 2 is 1.88 bits per heavy atom. The van der Waals surface area contributed by atoms with Gasteiger partial charge in [0.2, 0.25) is 11.6 Å². The zero-order valence-electron chi connectivity index (χ0n) is 13.9. The molecular formula is C13H13BrClN7O4. The van der Waals surface area contributed by atoms with Crippen LogP contribution in [-0.2, 0) is 6.54 Å². The summed E-state index contributed by atoms with van der Waals surface area (Å²) in [7, 11) is 4.11. The molecule has 0 aliphatic rings. The summed E-state index contributed by atoms with van der Waals surface area (Å²) in [6.45, 7) is -0.0710. The standard InChI is InChI=1S/C13H13BrClN7O4/c1-24-8-6(15)5(22(23)12(26-3)9(8)25-2)4-21-11-7(19-20-21)10(14)17-13(16)18-11/h4H2,1-3H3,(H2,16,17,18). The van der Waals surface area contributed by atoms with E-state index in [-0.39, 0.29) is 40.6 Å². The van der Waals surface area contributed by atoms with Gasteiger partial charge in [-0.1, -0.05) is 16.8 Å². The molecule has 3 aromatic heterocycles. The predicted octanol–water partition coefficient (Wildman–Crippen LogP) is 0.927. The van der Waals surface area contributed by atoms with E-state index in [2.05, 4.69) is 36.2 Å². The van der Waals surface area contributed by atoms with Gasteiger partial charge in [0.1, 0.15) is 11.1 Å². The van der Waals surface area contributed by atoms with Crippen molar-refractivity contribution in [2.24, 2.45) is 0 Å². The summed E-state index contributed by atoms with van der Waals surface area (Å²) in [6, 6.07) is 0. The number of methoxy groups -OCH3 is 3. The molecule has 0 spiro atoms. The Morgan fingerprint density at radius 1 is 1.19 bits per heavy atom. The van der Waals surface area contributed by atoms with E-state index in [0.717, 1.165) is 0 Å². The van der Waals surface area contributed by atoms with Crippen LogP contribution in [0.25, 0.3) is 11.2 Å². The molecule has 13 heteroatoms. The highest BCUT2D eigenvalue weighted by atomic mass is 79.9. The number of pyridine rings is 1. The summed E-state index contributed by atoms with van der Waals surface area (Å²) in [5.41, 5.74) is 6.48. The number of hydrogen-bond donors (Lipinski definition) is 1. The van der Waals surface area contributed by atoms with E-state index < -0.39 is 0 Å². The molecule has 0 amide bonds. The van der Waals surface area contributed by atoms with Gasteiger partial charge in [-0.2, -0.15) is 4.98 Å². The number of fused-ring (bicyclic) bond motifs is 1. The highest BCUT2D eigenvalue weighted by Crippen LogP contribution is 2.41. The van der Waals surface area contributed by atoms with Crippen LogP contribution in [0.4, 0.5) is 5.95 Å². The number of nitrogens with two attached hydrogens (primary N) is 1. The number of aromatic nitrogens is 6. The van der Waals surface area contributed by atoms with Gasteiger partial charge in [-0.3, -0.25) is 0 Å². The second-order valence-electron chi connectivity index (χ2n) is 4.92. The molecular weight excluding hydrogens is 434 g/mol. The van der Waals surface area contributed by atoms with E-state index in [1.807, 2.05) is 0 Å². The Morgan fingerprint density at radius 3 is 2.50 bits per heavy atom. The third-order valence-electron chi connectivity index (χ3n) is 3.52. The Bertz CT molecular complexity index is 966. The number of nitrogen functional groups attached to an aromatic ring is 1. The lowest BCUT2D eigenvalue weighted by atomic mass is 10.3. The molecule has 0 radical (unpaired) electrons. The molecule has 0 bridgehead atoms. The molecule has 0 unspecified atom stereocenters. The van der Waals surface area contributed by atoms with Crippen LogP contribution < -0.4 is 24.7 Å². The van der Waals surface area contributed by atoms with E-state index in [1.54, 1.807) is 0 Å². The van der Waals surface area contributed by atoms with Crippen molar-refractivity contribution >= 4 is 44.6 Å². The van der Waals surface area contributed by atoms with Gasteiger partial charge in [0.15, 0.2) is 21.9 Å². The summed E-state index contributed by atoms with van der Waals surface area (Å²) in [6.07, 6.45) is 0. The average molecular weight is 447 g/mol. The first kappa shape index (κ1) is 18.2. The maximum absolute atomic E-state index is 12.7. The van der Waals surface area contributed by atoms with Crippen LogP contribution >= 0.6 is 27.5 Å². The molecule has 26 heavy (non-hydrogen) atoms. The number of anilines is 1. The lowest BCUT2D eigenvalue weighted by molar-refractivity contribution is -0.621. The molecule has 3 heterocycles. The number of rotatable bonds is 5. The van der Waals surface area contributed by atoms with Gasteiger partial charge in [0, 0.05) is 0 Å². The minimum Gasteiger partial charge on any atom is -0.616 e. The second kappa shape index (κ2) is 6.96. The quantitative estimate of drug-likeness (QED) is 0.344. The number of nitrogens with zero attached hydrogens (tertiary/aromatic N) is 6. The Labute approximate surface area is 160 Å². The normalized spacial score (nSPS) is 11.0. The highest BCUT2D eigenvalue weighted by Gasteiger charge is 2.31. The molecule has 0 fully saturated rings. The Hall–Kier alpha value is -2.60. The molecule has 3 aromatic rings. The number of ether oxygens (including phenoxy) is 3. The van der Waals surface area contributed by atoms with E-state index in [0.29, 0.717) is 20.5 Å². The van der Waals surface area contributed by atoms with E-state index in [9.17, 15) is 5.21 Å². The zero-order chi connectivity index (χ0) is 19.0. The fraction of sp³-hybridized carbons (Fsp3) is 0.308. The molecule has 3 rings (SSSR count). The van der Waals surface area contributed by atoms with Crippen molar-refractivity contribution in [1.82, 2.24) is 25.0 Å². The summed E-state index contributed by atoms with van der Waals surface area (Å²) >= 11 is 9.59. The van der Waals surface area contributed by atoms with Gasteiger partial charge in [0.05, 0.1) is 21.3 Å². The first-order valence-corrected chi connectivity index (χ1v) is 8.22. The minimum absolute atomic E-state index is 0.0268. The van der Waals surface area contributed by atoms with Crippen molar-refractivity contribution < 1.29 is 18.9 Å². The lowest BCUT2D eigenvalue weighted by Gasteiger charge is -2.16. The Kier molecular flexibility index (Phi) is 4.87. The predicted molar refractivity (Wildman–Crippen MR) is 94.4 cm³/mol. The van der Waals surface area contributed by atoms with Gasteiger partial charge in [-0.15, -0.1) is 9.83 Å². The maximum Gasteiger partial charge on any atom is 0.427 e. The van der Waals surface area contributed by atoms with E-state index in [1.165, 1.54) is 26.0 Å². The minimum atomic E-state index is -0.108. The molecule has 0 aliphatic carbocycles. The van der Waals surface area contributed by atoms with Gasteiger partial charge in [-0.05, 0) is 15.9 Å². The summed E-state index contributed by atoms with van der Waals surface area (Å²) in [4.78, 5) is 8.06. The Balaban J connectivity index is 2.20. The summed E-state index contributed by atoms with van der Waals surface area (Å²) in [5.74, 6) is 0.159. The topological polar surface area (TPSA) is 137 Å². The summed E-state index contributed by atoms with van der Waals surface area (Å²) < 4.78 is 17.8. The second-order valence-corrected chi connectivity index (χ2v) is 6.05. The largest absolute Gasteiger partial charge is 0.616 e. The molecule has 0 aliphatic heterocycles. The number of hydrogen-bond acceptors (Lipinski definition) is 9. The van der Waals surface area contributed by atoms with E-state index >= 15 is 0 Å². The van der Waals surface area contributed by atoms with Crippen LogP contribution in [0.3, 0.4) is 0 Å². The third kappa shape index (κ3) is 2.80. The van der Waals surface area contributed by atoms with E-state index in [4.69, 9.17) is 31.5 Å². The van der Waals surface area contributed by atoms with Crippen molar-refractivity contribution in [3.05, 3.63) is 20.5 Å². The monoisotopic (exact) mass is 445 g/mol. The van der Waals surface area contributed by atoms with Crippen LogP contribution in [0.5, 0.6) is 17.4 Å². The van der Waals surface area contributed by atoms with Gasteiger partial charge in [-0.25, -0.2) is 9.67 Å². The fourth-order valence-corrected chi connectivity index (χ4v) is 3.13. The molecule has 138 valence electrons. The first-order chi connectivity index (χ1) is 12.4. The van der Waals surface area contributed by atoms with Gasteiger partial charge < -0.3 is 25.2 Å². The van der Waals surface area contributed by atoms with Crippen LogP contribution in [0, 0.1) is 5.21 Å². The maximum atomic E-state index is 12.7. The van der Waals surface area contributed by atoms with Crippen LogP contribution in [0.1, 0.15) is 5.69 Å². The fourth-order valence-electron chi connectivity index (χ4n) is 2.39.